The van der Waals surface area contributed by atoms with Gasteiger partial charge in [0.15, 0.2) is 0 Å². The van der Waals surface area contributed by atoms with Crippen molar-refractivity contribution in [3.8, 4) is 11.1 Å². The summed E-state index contributed by atoms with van der Waals surface area (Å²) in [6.45, 7) is 7.45. The number of rotatable bonds is 4. The molecule has 0 spiro atoms. The maximum Gasteiger partial charge on any atom is 0.338 e. The number of aryl methyl sites for hydroxylation is 1. The number of hydrogen-bond donors (Lipinski definition) is 1. The van der Waals surface area contributed by atoms with Crippen LogP contribution in [0.1, 0.15) is 45.6 Å². The fraction of sp³-hybridized carbons (Fsp3) is 0.333. The van der Waals surface area contributed by atoms with Crippen molar-refractivity contribution in [3.63, 3.8) is 0 Å². The van der Waals surface area contributed by atoms with E-state index in [-0.39, 0.29) is 17.6 Å². The number of aromatic nitrogens is 1. The van der Waals surface area contributed by atoms with E-state index in [1.54, 1.807) is 17.7 Å². The lowest BCUT2D eigenvalue weighted by Gasteiger charge is -2.38. The lowest BCUT2D eigenvalue weighted by atomic mass is 9.92. The maximum absolute atomic E-state index is 11.9. The lowest BCUT2D eigenvalue weighted by molar-refractivity contribution is 0.0535. The van der Waals surface area contributed by atoms with Crippen molar-refractivity contribution >= 4 is 5.97 Å². The van der Waals surface area contributed by atoms with E-state index in [1.165, 1.54) is 11.1 Å². The lowest BCUT2D eigenvalue weighted by Crippen LogP contribution is -2.50. The normalized spacial score (nSPS) is 20.5. The second kappa shape index (κ2) is 8.61. The summed E-state index contributed by atoms with van der Waals surface area (Å²) in [5, 5.41) is 3.74. The number of pyridine rings is 1. The van der Waals surface area contributed by atoms with Crippen LogP contribution in [-0.4, -0.2) is 34.6 Å². The van der Waals surface area contributed by atoms with Crippen LogP contribution in [0.15, 0.2) is 59.5 Å². The van der Waals surface area contributed by atoms with Crippen LogP contribution in [-0.2, 0) is 24.9 Å². The zero-order valence-corrected chi connectivity index (χ0v) is 19.3. The van der Waals surface area contributed by atoms with Crippen LogP contribution in [0, 0.1) is 6.92 Å². The number of nitrogens with one attached hydrogen (secondary N) is 1. The van der Waals surface area contributed by atoms with Crippen molar-refractivity contribution in [1.29, 1.82) is 0 Å². The minimum absolute atomic E-state index is 0.00418. The molecule has 0 radical (unpaired) electrons. The Balaban J connectivity index is 1.32. The number of nitrogens with zero attached hydrogens (tertiary/aromatic N) is 2. The number of carbonyl (C=O) groups is 1. The van der Waals surface area contributed by atoms with E-state index in [0.717, 1.165) is 41.9 Å². The molecule has 2 aromatic carbocycles. The molecule has 0 bridgehead atoms. The first-order valence-corrected chi connectivity index (χ1v) is 11.4. The first kappa shape index (κ1) is 21.6. The van der Waals surface area contributed by atoms with Crippen LogP contribution < -0.4 is 10.9 Å². The summed E-state index contributed by atoms with van der Waals surface area (Å²) in [5.41, 5.74) is 7.53. The number of cyclic esters (lactones) is 1. The van der Waals surface area contributed by atoms with Crippen molar-refractivity contribution in [2.75, 3.05) is 13.1 Å². The van der Waals surface area contributed by atoms with Gasteiger partial charge >= 0.3 is 5.97 Å². The molecular weight excluding hydrogens is 414 g/mol. The Morgan fingerprint density at radius 3 is 2.52 bits per heavy atom. The average Bonchev–Trinajstić information content (AvgIpc) is 3.18. The third kappa shape index (κ3) is 4.24. The van der Waals surface area contributed by atoms with E-state index in [4.69, 9.17) is 4.74 Å². The Morgan fingerprint density at radius 2 is 1.76 bits per heavy atom. The second-order valence-electron chi connectivity index (χ2n) is 9.26. The minimum Gasteiger partial charge on any atom is -0.457 e. The standard InChI is InChI=1S/C27H29N3O3/c1-17-12-30(13-19-4-6-20(7-5-19)21-8-11-26(31)29(3)14-21)15-25(28-17)22-9-10-23-24(18(22)2)16-33-27(23)32/h4-11,14,17,25,28H,12-13,15-16H2,1-3H3/t17-,25-/m0/s1. The predicted octanol–water partition coefficient (Wildman–Crippen LogP) is 3.57. The Labute approximate surface area is 193 Å². The fourth-order valence-electron chi connectivity index (χ4n) is 5.06. The van der Waals surface area contributed by atoms with Crippen molar-refractivity contribution in [1.82, 2.24) is 14.8 Å². The van der Waals surface area contributed by atoms with Gasteiger partial charge in [-0.3, -0.25) is 9.69 Å². The van der Waals surface area contributed by atoms with Crippen LogP contribution in [0.5, 0.6) is 0 Å². The van der Waals surface area contributed by atoms with Crippen molar-refractivity contribution in [3.05, 3.63) is 92.9 Å². The van der Waals surface area contributed by atoms with Crippen molar-refractivity contribution < 1.29 is 9.53 Å². The minimum atomic E-state index is -0.215. The van der Waals surface area contributed by atoms with Gasteiger partial charge in [0.1, 0.15) is 6.61 Å². The fourth-order valence-corrected chi connectivity index (χ4v) is 5.06. The number of piperazine rings is 1. The van der Waals surface area contributed by atoms with Crippen LogP contribution in [0.4, 0.5) is 0 Å². The molecule has 2 atom stereocenters. The van der Waals surface area contributed by atoms with Crippen molar-refractivity contribution in [2.45, 2.75) is 39.1 Å². The summed E-state index contributed by atoms with van der Waals surface area (Å²) in [6.07, 6.45) is 1.87. The number of hydrogen-bond acceptors (Lipinski definition) is 5. The molecule has 0 saturated carbocycles. The van der Waals surface area contributed by atoms with Crippen LogP contribution >= 0.6 is 0 Å². The van der Waals surface area contributed by atoms with Gasteiger partial charge in [0.2, 0.25) is 5.56 Å². The van der Waals surface area contributed by atoms with Gasteiger partial charge in [0.25, 0.3) is 0 Å². The molecule has 1 N–H and O–H groups in total. The van der Waals surface area contributed by atoms with Gasteiger partial charge < -0.3 is 14.6 Å². The number of benzene rings is 2. The second-order valence-corrected chi connectivity index (χ2v) is 9.26. The van der Waals surface area contributed by atoms with Gasteiger partial charge in [-0.2, -0.15) is 0 Å². The molecule has 0 amide bonds. The van der Waals surface area contributed by atoms with E-state index < -0.39 is 0 Å². The van der Waals surface area contributed by atoms with Crippen LogP contribution in [0.2, 0.25) is 0 Å². The topological polar surface area (TPSA) is 63.6 Å². The molecular formula is C27H29N3O3. The van der Waals surface area contributed by atoms with E-state index in [2.05, 4.69) is 54.4 Å². The van der Waals surface area contributed by atoms with Gasteiger partial charge in [-0.1, -0.05) is 30.3 Å². The summed E-state index contributed by atoms with van der Waals surface area (Å²) in [7, 11) is 1.77. The average molecular weight is 444 g/mol. The molecule has 1 saturated heterocycles. The monoisotopic (exact) mass is 443 g/mol. The first-order chi connectivity index (χ1) is 15.9. The predicted molar refractivity (Wildman–Crippen MR) is 128 cm³/mol. The molecule has 1 aromatic heterocycles. The van der Waals surface area contributed by atoms with Crippen molar-refractivity contribution in [2.24, 2.45) is 7.05 Å². The molecule has 0 unspecified atom stereocenters. The largest absolute Gasteiger partial charge is 0.457 e. The third-order valence-corrected chi connectivity index (χ3v) is 6.82. The summed E-state index contributed by atoms with van der Waals surface area (Å²) < 4.78 is 6.84. The highest BCUT2D eigenvalue weighted by Gasteiger charge is 2.30. The molecule has 3 aromatic rings. The zero-order chi connectivity index (χ0) is 23.1. The maximum atomic E-state index is 11.9. The van der Waals surface area contributed by atoms with Gasteiger partial charge in [-0.25, -0.2) is 4.79 Å². The Kier molecular flexibility index (Phi) is 5.64. The smallest absolute Gasteiger partial charge is 0.338 e. The first-order valence-electron chi connectivity index (χ1n) is 11.4. The molecule has 3 heterocycles. The molecule has 5 rings (SSSR count). The molecule has 6 nitrogen and oxygen atoms in total. The molecule has 2 aliphatic rings. The molecule has 1 fully saturated rings. The van der Waals surface area contributed by atoms with Gasteiger partial charge in [0, 0.05) is 56.6 Å². The summed E-state index contributed by atoms with van der Waals surface area (Å²) in [5.74, 6) is -0.215. The number of carbonyl (C=O) groups excluding carboxylic acids is 1. The summed E-state index contributed by atoms with van der Waals surface area (Å²) >= 11 is 0. The number of ether oxygens (including phenoxy) is 1. The highest BCUT2D eigenvalue weighted by Crippen LogP contribution is 2.31. The Morgan fingerprint density at radius 1 is 1.00 bits per heavy atom. The van der Waals surface area contributed by atoms with E-state index in [9.17, 15) is 9.59 Å². The highest BCUT2D eigenvalue weighted by molar-refractivity contribution is 5.94. The van der Waals surface area contributed by atoms with Crippen LogP contribution in [0.25, 0.3) is 11.1 Å². The van der Waals surface area contributed by atoms with E-state index in [0.29, 0.717) is 18.2 Å². The van der Waals surface area contributed by atoms with Gasteiger partial charge in [-0.05, 0) is 53.8 Å². The van der Waals surface area contributed by atoms with Crippen LogP contribution in [0.3, 0.4) is 0 Å². The molecule has 170 valence electrons. The SMILES string of the molecule is Cc1c([C@@H]2CN(Cc3ccc(-c4ccc(=O)n(C)c4)cc3)C[C@H](C)N2)ccc2c1COC2=O. The van der Waals surface area contributed by atoms with Gasteiger partial charge in [-0.15, -0.1) is 0 Å². The third-order valence-electron chi connectivity index (χ3n) is 6.82. The number of fused-ring (bicyclic) bond motifs is 1. The molecule has 2 aliphatic heterocycles. The van der Waals surface area contributed by atoms with E-state index in [1.807, 2.05) is 18.3 Å². The molecule has 0 aliphatic carbocycles. The molecule has 33 heavy (non-hydrogen) atoms. The quantitative estimate of drug-likeness (QED) is 0.625. The number of esters is 1. The Hall–Kier alpha value is -3.22. The van der Waals surface area contributed by atoms with Gasteiger partial charge in [0.05, 0.1) is 5.56 Å². The highest BCUT2D eigenvalue weighted by atomic mass is 16.5. The Bertz CT molecular complexity index is 1260. The molecule has 6 heteroatoms. The zero-order valence-electron chi connectivity index (χ0n) is 19.3. The van der Waals surface area contributed by atoms with E-state index >= 15 is 0 Å². The summed E-state index contributed by atoms with van der Waals surface area (Å²) in [4.78, 5) is 26.0. The summed E-state index contributed by atoms with van der Waals surface area (Å²) in [6, 6.07) is 16.6.